The Bertz CT molecular complexity index is 1560. The van der Waals surface area contributed by atoms with Gasteiger partial charge in [-0.1, -0.05) is 35.5 Å². The number of amides is 2. The van der Waals surface area contributed by atoms with E-state index < -0.39 is 34.3 Å². The van der Waals surface area contributed by atoms with Crippen molar-refractivity contribution < 1.29 is 24.5 Å². The molecule has 38 heavy (non-hydrogen) atoms. The Hall–Kier alpha value is -4.52. The number of ether oxygens (including phenoxy) is 1. The molecule has 1 fully saturated rings. The largest absolute Gasteiger partial charge is 0.504 e. The van der Waals surface area contributed by atoms with E-state index in [1.54, 1.807) is 6.07 Å². The van der Waals surface area contributed by atoms with Crippen LogP contribution in [0.2, 0.25) is 0 Å². The monoisotopic (exact) mass is 539 g/mol. The average molecular weight is 540 g/mol. The summed E-state index contributed by atoms with van der Waals surface area (Å²) in [7, 11) is 1.34. The number of thioether (sulfide) groups is 1. The van der Waals surface area contributed by atoms with E-state index >= 15 is 0 Å². The quantitative estimate of drug-likeness (QED) is 0.262. The number of methoxy groups -OCH3 is 1. The average Bonchev–Trinajstić information content (AvgIpc) is 3.18. The second-order valence-corrected chi connectivity index (χ2v) is 9.80. The summed E-state index contributed by atoms with van der Waals surface area (Å²) in [4.78, 5) is 58.2. The van der Waals surface area contributed by atoms with Crippen molar-refractivity contribution in [1.29, 1.82) is 0 Å². The lowest BCUT2D eigenvalue weighted by Crippen LogP contribution is -2.29. The van der Waals surface area contributed by atoms with Crippen molar-refractivity contribution in [1.82, 2.24) is 15.3 Å². The summed E-state index contributed by atoms with van der Waals surface area (Å²) < 4.78 is 5.14. The zero-order valence-electron chi connectivity index (χ0n) is 20.6. The van der Waals surface area contributed by atoms with Crippen LogP contribution in [-0.2, 0) is 9.59 Å². The number of aromatic hydroxyl groups is 2. The van der Waals surface area contributed by atoms with Gasteiger partial charge in [0.1, 0.15) is 16.9 Å². The highest BCUT2D eigenvalue weighted by Gasteiger charge is 2.34. The molecule has 2 atom stereocenters. The molecule has 0 radical (unpaired) electrons. The van der Waals surface area contributed by atoms with Crippen molar-refractivity contribution in [2.75, 3.05) is 12.4 Å². The smallest absolute Gasteiger partial charge is 0.328 e. The van der Waals surface area contributed by atoms with Crippen LogP contribution in [0, 0.1) is 13.8 Å². The van der Waals surface area contributed by atoms with Crippen LogP contribution in [0.1, 0.15) is 34.7 Å². The lowest BCUT2D eigenvalue weighted by molar-refractivity contribution is -0.122. The summed E-state index contributed by atoms with van der Waals surface area (Å²) in [5.74, 6) is -1.61. The summed E-state index contributed by atoms with van der Waals surface area (Å²) in [6, 6.07) is 8.56. The molecule has 3 aromatic rings. The molecule has 1 aromatic heterocycles. The fraction of sp³-hybridized carbons (Fsp3) is 0.240. The predicted molar refractivity (Wildman–Crippen MR) is 142 cm³/mol. The number of H-pyrrole nitrogens is 2. The van der Waals surface area contributed by atoms with Crippen LogP contribution >= 0.6 is 11.8 Å². The van der Waals surface area contributed by atoms with Crippen LogP contribution in [-0.4, -0.2) is 49.5 Å². The third-order valence-corrected chi connectivity index (χ3v) is 6.90. The Morgan fingerprint density at radius 3 is 2.58 bits per heavy atom. The molecule has 4 rings (SSSR count). The number of anilines is 1. The molecule has 0 unspecified atom stereocenters. The van der Waals surface area contributed by atoms with Gasteiger partial charge in [0.2, 0.25) is 17.7 Å². The third kappa shape index (κ3) is 5.72. The number of benzene rings is 2. The number of aromatic nitrogens is 2. The van der Waals surface area contributed by atoms with Gasteiger partial charge in [-0.2, -0.15) is 0 Å². The number of carbonyl (C=O) groups excluding carboxylic acids is 2. The van der Waals surface area contributed by atoms with Gasteiger partial charge in [-0.3, -0.25) is 24.4 Å². The molecular weight excluding hydrogens is 514 g/mol. The number of rotatable bonds is 7. The highest BCUT2D eigenvalue weighted by molar-refractivity contribution is 8.15. The molecule has 0 spiro atoms. The Morgan fingerprint density at radius 1 is 1.13 bits per heavy atom. The molecule has 198 valence electrons. The number of aryl methyl sites for hydroxylation is 2. The summed E-state index contributed by atoms with van der Waals surface area (Å²) in [5.41, 5.74) is 0.798. The van der Waals surface area contributed by atoms with E-state index in [2.05, 4.69) is 20.6 Å². The number of aromatic amines is 2. The maximum absolute atomic E-state index is 12.7. The number of phenols is 1. The molecule has 2 heterocycles. The fourth-order valence-corrected chi connectivity index (χ4v) is 4.95. The fourth-order valence-electron chi connectivity index (χ4n) is 3.95. The lowest BCUT2D eigenvalue weighted by Gasteiger charge is -2.16. The third-order valence-electron chi connectivity index (χ3n) is 5.80. The second kappa shape index (κ2) is 10.8. The Balaban J connectivity index is 1.63. The molecule has 12 nitrogen and oxygen atoms in total. The zero-order chi connectivity index (χ0) is 27.6. The molecule has 2 aromatic carbocycles. The van der Waals surface area contributed by atoms with E-state index in [0.717, 1.165) is 22.9 Å². The number of nitrogens with one attached hydrogen (secondary N) is 4. The topological polar surface area (TPSA) is 186 Å². The van der Waals surface area contributed by atoms with Crippen molar-refractivity contribution >= 4 is 34.4 Å². The molecule has 0 bridgehead atoms. The maximum Gasteiger partial charge on any atom is 0.328 e. The minimum absolute atomic E-state index is 0.0806. The number of aliphatic imine (C=N–C) groups is 1. The highest BCUT2D eigenvalue weighted by atomic mass is 32.2. The van der Waals surface area contributed by atoms with Gasteiger partial charge in [-0.15, -0.1) is 0 Å². The van der Waals surface area contributed by atoms with Crippen molar-refractivity contribution in [2.24, 2.45) is 4.99 Å². The molecule has 1 aliphatic heterocycles. The summed E-state index contributed by atoms with van der Waals surface area (Å²) >= 11 is 0.992. The molecule has 13 heteroatoms. The van der Waals surface area contributed by atoms with Crippen molar-refractivity contribution in [3.8, 4) is 17.4 Å². The summed E-state index contributed by atoms with van der Waals surface area (Å²) in [6.45, 7) is 3.82. The minimum Gasteiger partial charge on any atom is -0.504 e. The van der Waals surface area contributed by atoms with Crippen molar-refractivity contribution in [2.45, 2.75) is 31.6 Å². The number of phenolic OH excluding ortho intramolecular Hbond substituents is 1. The van der Waals surface area contributed by atoms with Crippen molar-refractivity contribution in [3.63, 3.8) is 0 Å². The normalized spacial score (nSPS) is 16.8. The first kappa shape index (κ1) is 26.5. The predicted octanol–water partition coefficient (Wildman–Crippen LogP) is 1.81. The molecule has 0 aliphatic carbocycles. The SMILES string of the molecule is COc1cc([C@H](N=C2NC(=O)[C@H](CC(=O)Nc3ccc(C)cc3C)S2)c2c(O)[nH]c(=O)[nH]c2=O)ccc1O. The van der Waals surface area contributed by atoms with Gasteiger partial charge in [0.25, 0.3) is 5.56 Å². The van der Waals surface area contributed by atoms with Gasteiger partial charge >= 0.3 is 5.69 Å². The molecule has 1 saturated heterocycles. The van der Waals surface area contributed by atoms with E-state index in [4.69, 9.17) is 4.74 Å². The summed E-state index contributed by atoms with van der Waals surface area (Å²) in [5, 5.41) is 25.1. The van der Waals surface area contributed by atoms with E-state index in [1.807, 2.05) is 31.0 Å². The molecular formula is C25H25N5O7S. The van der Waals surface area contributed by atoms with Crippen LogP contribution < -0.4 is 26.6 Å². The van der Waals surface area contributed by atoms with Gasteiger partial charge in [0.15, 0.2) is 16.7 Å². The first-order valence-electron chi connectivity index (χ1n) is 11.4. The minimum atomic E-state index is -1.21. The number of hydrogen-bond donors (Lipinski definition) is 6. The van der Waals surface area contributed by atoms with Crippen LogP contribution in [0.3, 0.4) is 0 Å². The Kier molecular flexibility index (Phi) is 7.57. The van der Waals surface area contributed by atoms with Gasteiger partial charge in [-0.05, 0) is 43.2 Å². The number of amidine groups is 1. The van der Waals surface area contributed by atoms with Gasteiger partial charge < -0.3 is 25.6 Å². The van der Waals surface area contributed by atoms with Crippen molar-refractivity contribution in [3.05, 3.63) is 79.5 Å². The first-order valence-corrected chi connectivity index (χ1v) is 12.3. The second-order valence-electron chi connectivity index (χ2n) is 8.61. The van der Waals surface area contributed by atoms with E-state index in [-0.39, 0.29) is 34.6 Å². The molecule has 0 saturated carbocycles. The zero-order valence-corrected chi connectivity index (χ0v) is 21.4. The summed E-state index contributed by atoms with van der Waals surface area (Å²) in [6.07, 6.45) is -0.134. The van der Waals surface area contributed by atoms with Crippen LogP contribution in [0.4, 0.5) is 5.69 Å². The van der Waals surface area contributed by atoms with E-state index in [0.29, 0.717) is 11.3 Å². The number of carbonyl (C=O) groups is 2. The molecule has 2 amide bonds. The van der Waals surface area contributed by atoms with Gasteiger partial charge in [0, 0.05) is 12.1 Å². The van der Waals surface area contributed by atoms with E-state index in [9.17, 15) is 29.4 Å². The lowest BCUT2D eigenvalue weighted by atomic mass is 10.0. The Labute approximate surface area is 220 Å². The first-order chi connectivity index (χ1) is 18.0. The number of nitrogens with zero attached hydrogens (tertiary/aromatic N) is 1. The van der Waals surface area contributed by atoms with Crippen LogP contribution in [0.15, 0.2) is 51.0 Å². The van der Waals surface area contributed by atoms with Crippen LogP contribution in [0.25, 0.3) is 0 Å². The standard InChI is InChI=1S/C25H25N5O7S/c1-11-4-6-14(12(2)8-11)26-18(32)10-17-21(33)30-25(38-17)27-20(13-5-7-15(31)16(9-13)37-3)19-22(34)28-24(36)29-23(19)35/h4-9,17,20,31H,10H2,1-3H3,(H,26,32)(H,27,30,33)(H3,28,29,34,35,36)/t17-,20-/m0/s1. The molecule has 1 aliphatic rings. The molecule has 6 N–H and O–H groups in total. The highest BCUT2D eigenvalue weighted by Crippen LogP contribution is 2.36. The van der Waals surface area contributed by atoms with E-state index in [1.165, 1.54) is 25.3 Å². The van der Waals surface area contributed by atoms with Crippen LogP contribution in [0.5, 0.6) is 17.4 Å². The Morgan fingerprint density at radius 2 is 1.89 bits per heavy atom. The maximum atomic E-state index is 12.7. The van der Waals surface area contributed by atoms with Gasteiger partial charge in [-0.25, -0.2) is 9.79 Å². The van der Waals surface area contributed by atoms with Gasteiger partial charge in [0.05, 0.1) is 7.11 Å². The number of hydrogen-bond acceptors (Lipinski definition) is 9.